The Balaban J connectivity index is 1.44. The summed E-state index contributed by atoms with van der Waals surface area (Å²) in [7, 11) is 0. The quantitative estimate of drug-likeness (QED) is 0.259. The van der Waals surface area contributed by atoms with Crippen molar-refractivity contribution in [3.63, 3.8) is 0 Å². The summed E-state index contributed by atoms with van der Waals surface area (Å²) in [6.07, 6.45) is 4.93. The fourth-order valence-corrected chi connectivity index (χ4v) is 6.86. The predicted octanol–water partition coefficient (Wildman–Crippen LogP) is 7.91. The number of hydrogen-bond acceptors (Lipinski definition) is 3. The topological polar surface area (TPSA) is 56.0 Å². The van der Waals surface area contributed by atoms with E-state index < -0.39 is 5.91 Å². The molecule has 0 saturated carbocycles. The van der Waals surface area contributed by atoms with E-state index in [4.69, 9.17) is 10.7 Å². The number of nitrogens with zero attached hydrogens (tertiary/aromatic N) is 1. The molecule has 3 nitrogen and oxygen atoms in total. The van der Waals surface area contributed by atoms with Crippen LogP contribution in [0, 0.1) is 0 Å². The predicted molar refractivity (Wildman–Crippen MR) is 151 cm³/mol. The number of thiazole rings is 1. The Kier molecular flexibility index (Phi) is 4.90. The number of para-hydroxylation sites is 1. The van der Waals surface area contributed by atoms with Crippen LogP contribution in [0.5, 0.6) is 0 Å². The molecule has 2 N–H and O–H groups in total. The number of aryl methyl sites for hydroxylation is 2. The van der Waals surface area contributed by atoms with Crippen LogP contribution in [0.3, 0.4) is 0 Å². The first-order chi connectivity index (χ1) is 17.7. The van der Waals surface area contributed by atoms with Gasteiger partial charge in [0.1, 0.15) is 5.01 Å². The highest BCUT2D eigenvalue weighted by molar-refractivity contribution is 7.21. The molecule has 4 heteroatoms. The highest BCUT2D eigenvalue weighted by Crippen LogP contribution is 2.41. The highest BCUT2D eigenvalue weighted by atomic mass is 32.1. The molecule has 1 amide bonds. The van der Waals surface area contributed by atoms with Gasteiger partial charge in [-0.2, -0.15) is 0 Å². The van der Waals surface area contributed by atoms with Gasteiger partial charge in [-0.15, -0.1) is 11.3 Å². The van der Waals surface area contributed by atoms with Crippen LogP contribution in [0.2, 0.25) is 0 Å². The summed E-state index contributed by atoms with van der Waals surface area (Å²) in [6, 6.07) is 29.4. The number of carbonyl (C=O) groups excluding carboxylic acids is 1. The van der Waals surface area contributed by atoms with Crippen LogP contribution >= 0.6 is 11.3 Å². The third-order valence-corrected chi connectivity index (χ3v) is 8.58. The van der Waals surface area contributed by atoms with Crippen molar-refractivity contribution in [2.24, 2.45) is 5.73 Å². The molecule has 0 saturated heterocycles. The lowest BCUT2D eigenvalue weighted by Gasteiger charge is -2.19. The van der Waals surface area contributed by atoms with Gasteiger partial charge in [0.2, 0.25) is 5.91 Å². The number of primary amides is 1. The van der Waals surface area contributed by atoms with Gasteiger partial charge in [0, 0.05) is 16.7 Å². The molecule has 0 radical (unpaired) electrons. The van der Waals surface area contributed by atoms with Gasteiger partial charge in [-0.05, 0) is 76.1 Å². The summed E-state index contributed by atoms with van der Waals surface area (Å²) in [5, 5.41) is 6.20. The Morgan fingerprint density at radius 2 is 1.42 bits per heavy atom. The first-order valence-corrected chi connectivity index (χ1v) is 13.3. The molecule has 0 bridgehead atoms. The van der Waals surface area contributed by atoms with Crippen molar-refractivity contribution in [3.05, 3.63) is 102 Å². The van der Waals surface area contributed by atoms with Crippen molar-refractivity contribution in [2.75, 3.05) is 0 Å². The van der Waals surface area contributed by atoms with Gasteiger partial charge in [0.15, 0.2) is 0 Å². The molecule has 1 aromatic heterocycles. The van der Waals surface area contributed by atoms with Crippen molar-refractivity contribution in [3.8, 4) is 21.7 Å². The van der Waals surface area contributed by atoms with Crippen LogP contribution in [-0.4, -0.2) is 10.9 Å². The lowest BCUT2D eigenvalue weighted by Crippen LogP contribution is -2.12. The summed E-state index contributed by atoms with van der Waals surface area (Å²) < 4.78 is 1.09. The Labute approximate surface area is 213 Å². The zero-order chi connectivity index (χ0) is 24.2. The second kappa shape index (κ2) is 8.28. The van der Waals surface area contributed by atoms with Crippen molar-refractivity contribution >= 4 is 49.0 Å². The van der Waals surface area contributed by atoms with Crippen LogP contribution in [0.1, 0.15) is 34.3 Å². The van der Waals surface area contributed by atoms with E-state index in [1.807, 2.05) is 30.3 Å². The maximum absolute atomic E-state index is 12.1. The molecular formula is C32H24N2OS. The summed E-state index contributed by atoms with van der Waals surface area (Å²) in [5.41, 5.74) is 13.0. The number of benzene rings is 5. The molecule has 0 fully saturated rings. The Bertz CT molecular complexity index is 1830. The molecule has 0 aliphatic heterocycles. The zero-order valence-corrected chi connectivity index (χ0v) is 20.6. The largest absolute Gasteiger partial charge is 0.366 e. The third-order valence-electron chi connectivity index (χ3n) is 7.52. The number of rotatable bonds is 3. The van der Waals surface area contributed by atoms with Crippen molar-refractivity contribution < 1.29 is 4.79 Å². The molecule has 5 aromatic carbocycles. The molecule has 0 unspecified atom stereocenters. The Morgan fingerprint density at radius 1 is 0.694 bits per heavy atom. The van der Waals surface area contributed by atoms with E-state index in [1.54, 1.807) is 17.4 Å². The van der Waals surface area contributed by atoms with Crippen LogP contribution in [0.4, 0.5) is 0 Å². The first-order valence-electron chi connectivity index (χ1n) is 12.4. The van der Waals surface area contributed by atoms with Gasteiger partial charge in [0.05, 0.1) is 10.2 Å². The number of hydrogen-bond donors (Lipinski definition) is 1. The molecular weight excluding hydrogens is 460 g/mol. The van der Waals surface area contributed by atoms with Crippen LogP contribution in [0.25, 0.3) is 53.5 Å². The van der Waals surface area contributed by atoms with E-state index in [9.17, 15) is 4.79 Å². The van der Waals surface area contributed by atoms with Gasteiger partial charge in [0.25, 0.3) is 0 Å². The van der Waals surface area contributed by atoms with Crippen LogP contribution in [-0.2, 0) is 12.8 Å². The van der Waals surface area contributed by atoms with Crippen LogP contribution < -0.4 is 5.73 Å². The second-order valence-corrected chi connectivity index (χ2v) is 10.6. The number of carbonyl (C=O) groups is 1. The first kappa shape index (κ1) is 21.3. The molecule has 1 aliphatic rings. The second-order valence-electron chi connectivity index (χ2n) is 9.55. The highest BCUT2D eigenvalue weighted by Gasteiger charge is 2.18. The summed E-state index contributed by atoms with van der Waals surface area (Å²) >= 11 is 1.69. The zero-order valence-electron chi connectivity index (χ0n) is 19.8. The van der Waals surface area contributed by atoms with E-state index in [1.165, 1.54) is 58.4 Å². The molecule has 1 heterocycles. The lowest BCUT2D eigenvalue weighted by atomic mass is 9.86. The molecule has 0 spiro atoms. The summed E-state index contributed by atoms with van der Waals surface area (Å²) in [4.78, 5) is 17.2. The fourth-order valence-electron chi connectivity index (χ4n) is 5.83. The fraction of sp³-hybridized carbons (Fsp3) is 0.125. The lowest BCUT2D eigenvalue weighted by molar-refractivity contribution is 0.100. The van der Waals surface area contributed by atoms with E-state index in [2.05, 4.69) is 48.5 Å². The van der Waals surface area contributed by atoms with Gasteiger partial charge in [-0.1, -0.05) is 72.8 Å². The number of nitrogens with two attached hydrogens (primary N) is 1. The smallest absolute Gasteiger partial charge is 0.249 e. The van der Waals surface area contributed by atoms with E-state index in [-0.39, 0.29) is 0 Å². The minimum atomic E-state index is -0.429. The minimum absolute atomic E-state index is 0.429. The van der Waals surface area contributed by atoms with Gasteiger partial charge < -0.3 is 5.73 Å². The van der Waals surface area contributed by atoms with Gasteiger partial charge in [-0.3, -0.25) is 4.79 Å². The van der Waals surface area contributed by atoms with E-state index in [0.717, 1.165) is 31.9 Å². The molecule has 7 rings (SSSR count). The maximum Gasteiger partial charge on any atom is 0.249 e. The normalized spacial score (nSPS) is 13.3. The Morgan fingerprint density at radius 3 is 2.33 bits per heavy atom. The standard InChI is InChI=1S/C32H24N2OS/c33-31(35)27-10-4-3-9-22(27)26-12-6-14-29-30(26)34-32(36-29)28-13-5-11-21-24-16-15-19-7-1-2-8-20(19)23(24)17-18-25(21)28/h3-6,9-18H,1-2,7-8H2,(H2,33,35). The molecule has 36 heavy (non-hydrogen) atoms. The molecule has 6 aromatic rings. The molecule has 174 valence electrons. The van der Waals surface area contributed by atoms with Crippen LogP contribution in [0.15, 0.2) is 84.9 Å². The van der Waals surface area contributed by atoms with Crippen molar-refractivity contribution in [1.29, 1.82) is 0 Å². The van der Waals surface area contributed by atoms with Gasteiger partial charge in [-0.25, -0.2) is 4.98 Å². The maximum atomic E-state index is 12.1. The summed E-state index contributed by atoms with van der Waals surface area (Å²) in [6.45, 7) is 0. The number of fused-ring (bicyclic) bond motifs is 6. The van der Waals surface area contributed by atoms with Crippen molar-refractivity contribution in [2.45, 2.75) is 25.7 Å². The average molecular weight is 485 g/mol. The van der Waals surface area contributed by atoms with Crippen molar-refractivity contribution in [1.82, 2.24) is 4.98 Å². The third kappa shape index (κ3) is 3.25. The van der Waals surface area contributed by atoms with Gasteiger partial charge >= 0.3 is 0 Å². The average Bonchev–Trinajstić information content (AvgIpc) is 3.36. The molecule has 0 atom stereocenters. The Hall–Kier alpha value is -4.02. The number of aromatic nitrogens is 1. The monoisotopic (exact) mass is 484 g/mol. The SMILES string of the molecule is NC(=O)c1ccccc1-c1cccc2sc(-c3cccc4c3ccc3c5c(ccc34)CCCC5)nc12. The van der Waals surface area contributed by atoms with E-state index >= 15 is 0 Å². The molecule has 1 aliphatic carbocycles. The number of amides is 1. The van der Waals surface area contributed by atoms with E-state index in [0.29, 0.717) is 5.56 Å². The minimum Gasteiger partial charge on any atom is -0.366 e. The summed E-state index contributed by atoms with van der Waals surface area (Å²) in [5.74, 6) is -0.429.